The number of hydrogen-bond donors (Lipinski definition) is 1. The van der Waals surface area contributed by atoms with E-state index in [0.717, 1.165) is 22.4 Å². The largest absolute Gasteiger partial charge is 0.497 e. The fourth-order valence-corrected chi connectivity index (χ4v) is 2.60. The van der Waals surface area contributed by atoms with Gasteiger partial charge in [0.05, 0.1) is 13.2 Å². The average Bonchev–Trinajstić information content (AvgIpc) is 2.63. The topological polar surface area (TPSA) is 80.6 Å². The molecule has 142 valence electrons. The second-order valence-electron chi connectivity index (χ2n) is 6.11. The summed E-state index contributed by atoms with van der Waals surface area (Å²) in [5, 5.41) is 11.3. The number of nitrogens with one attached hydrogen (secondary N) is 1. The van der Waals surface area contributed by atoms with E-state index in [4.69, 9.17) is 19.5 Å². The Kier molecular flexibility index (Phi) is 7.50. The van der Waals surface area contributed by atoms with Crippen LogP contribution in [0.25, 0.3) is 0 Å². The van der Waals surface area contributed by atoms with Gasteiger partial charge in [0.25, 0.3) is 0 Å². The van der Waals surface area contributed by atoms with Gasteiger partial charge in [0.2, 0.25) is 5.91 Å². The second kappa shape index (κ2) is 10.1. The summed E-state index contributed by atoms with van der Waals surface area (Å²) in [5.41, 5.74) is 3.09. The zero-order valence-corrected chi connectivity index (χ0v) is 15.9. The van der Waals surface area contributed by atoms with Crippen LogP contribution in [0.15, 0.2) is 36.4 Å². The average molecular weight is 368 g/mol. The summed E-state index contributed by atoms with van der Waals surface area (Å²) in [7, 11) is 1.58. The first-order chi connectivity index (χ1) is 13.0. The van der Waals surface area contributed by atoms with Crippen LogP contribution in [0.5, 0.6) is 17.2 Å². The van der Waals surface area contributed by atoms with Crippen molar-refractivity contribution >= 4 is 5.91 Å². The molecule has 0 aromatic heterocycles. The monoisotopic (exact) mass is 368 g/mol. The van der Waals surface area contributed by atoms with E-state index in [1.54, 1.807) is 19.2 Å². The van der Waals surface area contributed by atoms with Gasteiger partial charge in [-0.2, -0.15) is 5.26 Å². The molecule has 2 aromatic carbocycles. The molecule has 0 bridgehead atoms. The molecule has 6 nitrogen and oxygen atoms in total. The first-order valence-corrected chi connectivity index (χ1v) is 8.66. The van der Waals surface area contributed by atoms with Crippen molar-refractivity contribution in [3.8, 4) is 23.3 Å². The van der Waals surface area contributed by atoms with Gasteiger partial charge in [0.1, 0.15) is 36.9 Å². The van der Waals surface area contributed by atoms with E-state index in [1.807, 2.05) is 38.1 Å². The summed E-state index contributed by atoms with van der Waals surface area (Å²) in [4.78, 5) is 11.5. The van der Waals surface area contributed by atoms with E-state index in [-0.39, 0.29) is 18.9 Å². The molecular weight excluding hydrogens is 344 g/mol. The van der Waals surface area contributed by atoms with Crippen molar-refractivity contribution in [1.82, 2.24) is 5.32 Å². The van der Waals surface area contributed by atoms with Gasteiger partial charge in [-0.1, -0.05) is 6.07 Å². The Bertz CT molecular complexity index is 807. The standard InChI is InChI=1S/C21H24N2O4/c1-15-10-16(2)12-19(11-15)26-8-9-27-20-13-18(25-3)5-4-17(20)14-23-21(24)6-7-22/h4-5,10-13H,6,8-9,14H2,1-3H3,(H,23,24). The summed E-state index contributed by atoms with van der Waals surface area (Å²) < 4.78 is 16.8. The molecule has 0 fully saturated rings. The van der Waals surface area contributed by atoms with Crippen LogP contribution in [0.4, 0.5) is 0 Å². The van der Waals surface area contributed by atoms with Crippen molar-refractivity contribution in [1.29, 1.82) is 5.26 Å². The van der Waals surface area contributed by atoms with Crippen LogP contribution in [-0.2, 0) is 11.3 Å². The highest BCUT2D eigenvalue weighted by molar-refractivity contribution is 5.78. The molecule has 1 N–H and O–H groups in total. The third-order valence-electron chi connectivity index (χ3n) is 3.79. The van der Waals surface area contributed by atoms with E-state index in [9.17, 15) is 4.79 Å². The summed E-state index contributed by atoms with van der Waals surface area (Å²) >= 11 is 0. The number of ether oxygens (including phenoxy) is 3. The van der Waals surface area contributed by atoms with Crippen LogP contribution in [0.3, 0.4) is 0 Å². The third kappa shape index (κ3) is 6.55. The van der Waals surface area contributed by atoms with Crippen LogP contribution in [0.2, 0.25) is 0 Å². The molecule has 6 heteroatoms. The molecule has 0 unspecified atom stereocenters. The third-order valence-corrected chi connectivity index (χ3v) is 3.79. The summed E-state index contributed by atoms with van der Waals surface area (Å²) in [6.07, 6.45) is -0.171. The molecule has 0 heterocycles. The Morgan fingerprint density at radius 3 is 2.41 bits per heavy atom. The molecule has 0 radical (unpaired) electrons. The molecule has 0 aliphatic heterocycles. The maximum Gasteiger partial charge on any atom is 0.234 e. The number of aryl methyl sites for hydroxylation is 2. The summed E-state index contributed by atoms with van der Waals surface area (Å²) in [5.74, 6) is 1.76. The van der Waals surface area contributed by atoms with Crippen molar-refractivity contribution in [2.24, 2.45) is 0 Å². The Hall–Kier alpha value is -3.20. The van der Waals surface area contributed by atoms with Gasteiger partial charge < -0.3 is 19.5 Å². The van der Waals surface area contributed by atoms with E-state index in [2.05, 4.69) is 11.4 Å². The van der Waals surface area contributed by atoms with E-state index in [1.165, 1.54) is 0 Å². The molecule has 0 aliphatic carbocycles. The molecular formula is C21H24N2O4. The number of carbonyl (C=O) groups is 1. The van der Waals surface area contributed by atoms with Crippen LogP contribution < -0.4 is 19.5 Å². The maximum atomic E-state index is 11.5. The lowest BCUT2D eigenvalue weighted by Crippen LogP contribution is -2.22. The Morgan fingerprint density at radius 1 is 1.04 bits per heavy atom. The first kappa shape index (κ1) is 20.1. The van der Waals surface area contributed by atoms with E-state index in [0.29, 0.717) is 24.7 Å². The zero-order chi connectivity index (χ0) is 19.6. The quantitative estimate of drug-likeness (QED) is 0.687. The van der Waals surface area contributed by atoms with Gasteiger partial charge in [0.15, 0.2) is 0 Å². The molecule has 0 spiro atoms. The SMILES string of the molecule is COc1ccc(CNC(=O)CC#N)c(OCCOc2cc(C)cc(C)c2)c1. The van der Waals surface area contributed by atoms with Crippen molar-refractivity contribution < 1.29 is 19.0 Å². The second-order valence-corrected chi connectivity index (χ2v) is 6.11. The van der Waals surface area contributed by atoms with Crippen molar-refractivity contribution in [3.05, 3.63) is 53.1 Å². The molecule has 1 amide bonds. The lowest BCUT2D eigenvalue weighted by molar-refractivity contribution is -0.120. The molecule has 2 rings (SSSR count). The number of benzene rings is 2. The minimum atomic E-state index is -0.322. The highest BCUT2D eigenvalue weighted by Crippen LogP contribution is 2.25. The van der Waals surface area contributed by atoms with Crippen LogP contribution in [0, 0.1) is 25.2 Å². The number of nitriles is 1. The van der Waals surface area contributed by atoms with Crippen molar-refractivity contribution in [2.45, 2.75) is 26.8 Å². The minimum absolute atomic E-state index is 0.171. The first-order valence-electron chi connectivity index (χ1n) is 8.66. The van der Waals surface area contributed by atoms with Gasteiger partial charge in [-0.15, -0.1) is 0 Å². The van der Waals surface area contributed by atoms with Gasteiger partial charge in [-0.25, -0.2) is 0 Å². The van der Waals surface area contributed by atoms with Crippen LogP contribution in [0.1, 0.15) is 23.1 Å². The predicted molar refractivity (Wildman–Crippen MR) is 102 cm³/mol. The van der Waals surface area contributed by atoms with Crippen LogP contribution >= 0.6 is 0 Å². The van der Waals surface area contributed by atoms with Crippen molar-refractivity contribution in [3.63, 3.8) is 0 Å². The Labute approximate surface area is 159 Å². The van der Waals surface area contributed by atoms with E-state index < -0.39 is 0 Å². The number of carbonyl (C=O) groups excluding carboxylic acids is 1. The van der Waals surface area contributed by atoms with E-state index >= 15 is 0 Å². The zero-order valence-electron chi connectivity index (χ0n) is 15.9. The molecule has 0 saturated heterocycles. The predicted octanol–water partition coefficient (Wildman–Crippen LogP) is 3.30. The molecule has 27 heavy (non-hydrogen) atoms. The molecule has 2 aromatic rings. The number of methoxy groups -OCH3 is 1. The Balaban J connectivity index is 1.94. The fourth-order valence-electron chi connectivity index (χ4n) is 2.60. The van der Waals surface area contributed by atoms with Gasteiger partial charge >= 0.3 is 0 Å². The lowest BCUT2D eigenvalue weighted by atomic mass is 10.1. The molecule has 0 saturated carbocycles. The van der Waals surface area contributed by atoms with Gasteiger partial charge in [-0.05, 0) is 49.2 Å². The smallest absolute Gasteiger partial charge is 0.234 e. The lowest BCUT2D eigenvalue weighted by Gasteiger charge is -2.14. The van der Waals surface area contributed by atoms with Gasteiger partial charge in [-0.3, -0.25) is 4.79 Å². The molecule has 0 aliphatic rings. The summed E-state index contributed by atoms with van der Waals surface area (Å²) in [6.45, 7) is 5.07. The highest BCUT2D eigenvalue weighted by Gasteiger charge is 2.08. The number of amides is 1. The number of nitrogens with zero attached hydrogens (tertiary/aromatic N) is 1. The van der Waals surface area contributed by atoms with Crippen LogP contribution in [-0.4, -0.2) is 26.2 Å². The summed E-state index contributed by atoms with van der Waals surface area (Å²) in [6, 6.07) is 13.3. The van der Waals surface area contributed by atoms with Gasteiger partial charge in [0, 0.05) is 18.2 Å². The van der Waals surface area contributed by atoms with Crippen molar-refractivity contribution in [2.75, 3.05) is 20.3 Å². The Morgan fingerprint density at radius 2 is 1.74 bits per heavy atom. The maximum absolute atomic E-state index is 11.5. The minimum Gasteiger partial charge on any atom is -0.497 e. The number of rotatable bonds is 9. The molecule has 0 atom stereocenters. The fraction of sp³-hybridized carbons (Fsp3) is 0.333. The highest BCUT2D eigenvalue weighted by atomic mass is 16.5. The number of hydrogen-bond acceptors (Lipinski definition) is 5. The normalized spacial score (nSPS) is 10.0.